The number of rotatable bonds is 2. The van der Waals surface area contributed by atoms with Gasteiger partial charge in [0.25, 0.3) is 0 Å². The van der Waals surface area contributed by atoms with E-state index in [9.17, 15) is 4.79 Å². The minimum atomic E-state index is -0.386. The van der Waals surface area contributed by atoms with Gasteiger partial charge in [-0.05, 0) is 27.7 Å². The van der Waals surface area contributed by atoms with Crippen LogP contribution in [0.1, 0.15) is 27.7 Å². The van der Waals surface area contributed by atoms with Crippen LogP contribution >= 0.6 is 0 Å². The molecular formula is C10H20N2O2. The Balaban J connectivity index is 2.83. The van der Waals surface area contributed by atoms with Gasteiger partial charge in [-0.15, -0.1) is 0 Å². The Bertz CT molecular complexity index is 226. The van der Waals surface area contributed by atoms with Crippen LogP contribution in [0.4, 0.5) is 0 Å². The molecule has 82 valence electrons. The number of aliphatic hydroxyl groups excluding tert-OH is 1. The number of carbonyl (C=O) groups is 1. The topological polar surface area (TPSA) is 52.6 Å². The Hall–Kier alpha value is -0.610. The lowest BCUT2D eigenvalue weighted by molar-refractivity contribution is -0.136. The largest absolute Gasteiger partial charge is 0.394 e. The van der Waals surface area contributed by atoms with E-state index in [0.717, 1.165) is 6.54 Å². The van der Waals surface area contributed by atoms with Gasteiger partial charge in [0.2, 0.25) is 5.91 Å². The molecule has 1 rings (SSSR count). The zero-order chi connectivity index (χ0) is 10.9. The monoisotopic (exact) mass is 200 g/mol. The van der Waals surface area contributed by atoms with E-state index < -0.39 is 0 Å². The van der Waals surface area contributed by atoms with Crippen LogP contribution in [0.5, 0.6) is 0 Å². The highest BCUT2D eigenvalue weighted by Crippen LogP contribution is 2.18. The second kappa shape index (κ2) is 3.87. The highest BCUT2D eigenvalue weighted by atomic mass is 16.3. The summed E-state index contributed by atoms with van der Waals surface area (Å²) in [5.74, 6) is -0.0718. The molecule has 1 saturated heterocycles. The van der Waals surface area contributed by atoms with Crippen molar-refractivity contribution >= 4 is 5.91 Å². The van der Waals surface area contributed by atoms with Crippen molar-refractivity contribution in [3.63, 3.8) is 0 Å². The summed E-state index contributed by atoms with van der Waals surface area (Å²) in [7, 11) is 0. The summed E-state index contributed by atoms with van der Waals surface area (Å²) in [5, 5.41) is 12.0. The first-order chi connectivity index (χ1) is 6.37. The van der Waals surface area contributed by atoms with Crippen molar-refractivity contribution in [3.8, 4) is 0 Å². The molecule has 0 aromatic rings. The SMILES string of the molecule is CC(C)N1CC(C)(C)NC(=O)C1CO. The predicted molar refractivity (Wildman–Crippen MR) is 54.9 cm³/mol. The Morgan fingerprint density at radius 1 is 1.64 bits per heavy atom. The first kappa shape index (κ1) is 11.5. The van der Waals surface area contributed by atoms with E-state index in [2.05, 4.69) is 5.32 Å². The quantitative estimate of drug-likeness (QED) is 0.658. The Morgan fingerprint density at radius 3 is 2.64 bits per heavy atom. The number of nitrogens with zero attached hydrogens (tertiary/aromatic N) is 1. The molecule has 0 saturated carbocycles. The van der Waals surface area contributed by atoms with Crippen LogP contribution < -0.4 is 5.32 Å². The summed E-state index contributed by atoms with van der Waals surface area (Å²) < 4.78 is 0. The molecule has 0 aromatic heterocycles. The average Bonchev–Trinajstić information content (AvgIpc) is 2.01. The normalized spacial score (nSPS) is 27.9. The number of hydrogen-bond acceptors (Lipinski definition) is 3. The van der Waals surface area contributed by atoms with E-state index in [1.807, 2.05) is 32.6 Å². The summed E-state index contributed by atoms with van der Waals surface area (Å²) >= 11 is 0. The molecule has 1 fully saturated rings. The van der Waals surface area contributed by atoms with Gasteiger partial charge < -0.3 is 10.4 Å². The first-order valence-electron chi connectivity index (χ1n) is 5.06. The smallest absolute Gasteiger partial charge is 0.240 e. The zero-order valence-corrected chi connectivity index (χ0v) is 9.37. The van der Waals surface area contributed by atoms with Gasteiger partial charge in [-0.3, -0.25) is 9.69 Å². The minimum absolute atomic E-state index is 0.0718. The molecule has 14 heavy (non-hydrogen) atoms. The minimum Gasteiger partial charge on any atom is -0.394 e. The summed E-state index contributed by atoms with van der Waals surface area (Å²) in [6, 6.07) is -0.111. The van der Waals surface area contributed by atoms with Crippen LogP contribution in [0.25, 0.3) is 0 Å². The molecule has 4 heteroatoms. The highest BCUT2D eigenvalue weighted by Gasteiger charge is 2.38. The maximum atomic E-state index is 11.6. The lowest BCUT2D eigenvalue weighted by atomic mass is 9.97. The average molecular weight is 200 g/mol. The third kappa shape index (κ3) is 2.25. The molecule has 1 unspecified atom stereocenters. The highest BCUT2D eigenvalue weighted by molar-refractivity contribution is 5.83. The fraction of sp³-hybridized carbons (Fsp3) is 0.900. The molecule has 1 aliphatic rings. The molecule has 1 atom stereocenters. The Kier molecular flexibility index (Phi) is 3.17. The summed E-state index contributed by atoms with van der Waals surface area (Å²) in [6.07, 6.45) is 0. The van der Waals surface area contributed by atoms with E-state index in [1.54, 1.807) is 0 Å². The van der Waals surface area contributed by atoms with Gasteiger partial charge >= 0.3 is 0 Å². The molecule has 1 aliphatic heterocycles. The number of amides is 1. The van der Waals surface area contributed by atoms with Crippen LogP contribution in [0.15, 0.2) is 0 Å². The first-order valence-corrected chi connectivity index (χ1v) is 5.06. The van der Waals surface area contributed by atoms with Crippen LogP contribution in [0, 0.1) is 0 Å². The number of aliphatic hydroxyl groups is 1. The molecule has 0 aliphatic carbocycles. The predicted octanol–water partition coefficient (Wildman–Crippen LogP) is -0.0339. The molecule has 0 spiro atoms. The van der Waals surface area contributed by atoms with Crippen molar-refractivity contribution in [2.24, 2.45) is 0 Å². The lowest BCUT2D eigenvalue weighted by Crippen LogP contribution is -2.67. The van der Waals surface area contributed by atoms with Crippen molar-refractivity contribution in [2.45, 2.75) is 45.3 Å². The molecule has 0 radical (unpaired) electrons. The Labute approximate surface area is 85.3 Å². The summed E-state index contributed by atoms with van der Waals surface area (Å²) in [4.78, 5) is 13.7. The van der Waals surface area contributed by atoms with Crippen molar-refractivity contribution < 1.29 is 9.90 Å². The van der Waals surface area contributed by atoms with Crippen molar-refractivity contribution in [1.29, 1.82) is 0 Å². The number of piperazine rings is 1. The van der Waals surface area contributed by atoms with Crippen LogP contribution in [0.3, 0.4) is 0 Å². The van der Waals surface area contributed by atoms with Gasteiger partial charge in [-0.1, -0.05) is 0 Å². The van der Waals surface area contributed by atoms with E-state index in [0.29, 0.717) is 0 Å². The fourth-order valence-corrected chi connectivity index (χ4v) is 1.90. The van der Waals surface area contributed by atoms with Gasteiger partial charge in [-0.2, -0.15) is 0 Å². The second-order valence-corrected chi connectivity index (χ2v) is 4.84. The molecular weight excluding hydrogens is 180 g/mol. The number of carbonyl (C=O) groups excluding carboxylic acids is 1. The van der Waals surface area contributed by atoms with Crippen LogP contribution in [0.2, 0.25) is 0 Å². The maximum Gasteiger partial charge on any atom is 0.240 e. The van der Waals surface area contributed by atoms with Crippen molar-refractivity contribution in [2.75, 3.05) is 13.2 Å². The van der Waals surface area contributed by atoms with Crippen molar-refractivity contribution in [3.05, 3.63) is 0 Å². The lowest BCUT2D eigenvalue weighted by Gasteiger charge is -2.45. The third-order valence-electron chi connectivity index (χ3n) is 2.58. The number of hydrogen-bond donors (Lipinski definition) is 2. The van der Waals surface area contributed by atoms with Gasteiger partial charge in [-0.25, -0.2) is 0 Å². The van der Waals surface area contributed by atoms with Gasteiger partial charge in [0, 0.05) is 18.1 Å². The molecule has 4 nitrogen and oxygen atoms in total. The van der Waals surface area contributed by atoms with Gasteiger partial charge in [0.1, 0.15) is 6.04 Å². The maximum absolute atomic E-state index is 11.6. The third-order valence-corrected chi connectivity index (χ3v) is 2.58. The molecule has 1 heterocycles. The van der Waals surface area contributed by atoms with Crippen LogP contribution in [-0.4, -0.2) is 46.7 Å². The fourth-order valence-electron chi connectivity index (χ4n) is 1.90. The summed E-state index contributed by atoms with van der Waals surface area (Å²) in [5.41, 5.74) is -0.201. The van der Waals surface area contributed by atoms with Gasteiger partial charge in [0.15, 0.2) is 0 Å². The summed E-state index contributed by atoms with van der Waals surface area (Å²) in [6.45, 7) is 8.73. The Morgan fingerprint density at radius 2 is 2.21 bits per heavy atom. The van der Waals surface area contributed by atoms with E-state index in [4.69, 9.17) is 5.11 Å². The molecule has 1 amide bonds. The standard InChI is InChI=1S/C10H20N2O2/c1-7(2)12-6-10(3,4)11-9(14)8(12)5-13/h7-8,13H,5-6H2,1-4H3,(H,11,14). The van der Waals surface area contributed by atoms with Crippen LogP contribution in [-0.2, 0) is 4.79 Å². The van der Waals surface area contributed by atoms with Crippen molar-refractivity contribution in [1.82, 2.24) is 10.2 Å². The zero-order valence-electron chi connectivity index (χ0n) is 9.37. The number of nitrogens with one attached hydrogen (secondary N) is 1. The van der Waals surface area contributed by atoms with E-state index >= 15 is 0 Å². The molecule has 0 aromatic carbocycles. The van der Waals surface area contributed by atoms with E-state index in [-0.39, 0.29) is 30.1 Å². The van der Waals surface area contributed by atoms with E-state index in [1.165, 1.54) is 0 Å². The van der Waals surface area contributed by atoms with Gasteiger partial charge in [0.05, 0.1) is 6.61 Å². The molecule has 0 bridgehead atoms. The molecule has 2 N–H and O–H groups in total. The second-order valence-electron chi connectivity index (χ2n) is 4.84.